The fourth-order valence-electron chi connectivity index (χ4n) is 0.973. The van der Waals surface area contributed by atoms with Gasteiger partial charge in [0.15, 0.2) is 0 Å². The van der Waals surface area contributed by atoms with Crippen LogP contribution < -0.4 is 0 Å². The summed E-state index contributed by atoms with van der Waals surface area (Å²) in [5, 5.41) is 9.70. The monoisotopic (exact) mass is 276 g/mol. The minimum absolute atomic E-state index is 0.729. The Hall–Kier alpha value is -0.0900. The Labute approximate surface area is 86.9 Å². The van der Waals surface area contributed by atoms with Crippen molar-refractivity contribution in [3.63, 3.8) is 0 Å². The van der Waals surface area contributed by atoms with Gasteiger partial charge >= 0.3 is 0 Å². The molecular weight excluding hydrogens is 263 g/mol. The van der Waals surface area contributed by atoms with Crippen LogP contribution in [0.25, 0.3) is 0 Å². The van der Waals surface area contributed by atoms with E-state index >= 15 is 0 Å². The molecule has 0 bridgehead atoms. The lowest BCUT2D eigenvalue weighted by Crippen LogP contribution is -2.15. The Kier molecular flexibility index (Phi) is 2.78. The summed E-state index contributed by atoms with van der Waals surface area (Å²) in [5.74, 6) is 0. The van der Waals surface area contributed by atoms with E-state index in [1.165, 1.54) is 9.13 Å². The fraction of sp³-hybridized carbons (Fsp3) is 0.400. The predicted octanol–water partition coefficient (Wildman–Crippen LogP) is 2.83. The Bertz CT molecular complexity index is 286. The van der Waals surface area contributed by atoms with Gasteiger partial charge in [-0.2, -0.15) is 0 Å². The second-order valence-corrected chi connectivity index (χ2v) is 4.69. The van der Waals surface area contributed by atoms with E-state index in [0.29, 0.717) is 0 Å². The first kappa shape index (κ1) is 9.99. The van der Waals surface area contributed by atoms with Crippen LogP contribution in [0.1, 0.15) is 25.0 Å². The van der Waals surface area contributed by atoms with E-state index in [4.69, 9.17) is 0 Å². The predicted molar refractivity (Wildman–Crippen MR) is 59.1 cm³/mol. The number of aryl methyl sites for hydroxylation is 1. The largest absolute Gasteiger partial charge is 0.386 e. The van der Waals surface area contributed by atoms with Gasteiger partial charge < -0.3 is 5.11 Å². The highest BCUT2D eigenvalue weighted by Gasteiger charge is 2.15. The first-order chi connectivity index (χ1) is 5.41. The number of benzene rings is 1. The second kappa shape index (κ2) is 3.34. The molecule has 66 valence electrons. The zero-order valence-electron chi connectivity index (χ0n) is 7.56. The molecule has 0 aliphatic carbocycles. The molecule has 0 spiro atoms. The quantitative estimate of drug-likeness (QED) is 0.782. The first-order valence-electron chi connectivity index (χ1n) is 3.90. The smallest absolute Gasteiger partial charge is 0.0840 e. The minimum atomic E-state index is -0.729. The lowest BCUT2D eigenvalue weighted by atomic mass is 9.98. The van der Waals surface area contributed by atoms with E-state index in [-0.39, 0.29) is 0 Å². The number of hydrogen-bond acceptors (Lipinski definition) is 1. The Morgan fingerprint density at radius 3 is 2.33 bits per heavy atom. The molecule has 0 saturated heterocycles. The van der Waals surface area contributed by atoms with Gasteiger partial charge in [-0.15, -0.1) is 0 Å². The van der Waals surface area contributed by atoms with Crippen molar-refractivity contribution in [2.75, 3.05) is 0 Å². The average Bonchev–Trinajstić information content (AvgIpc) is 1.92. The van der Waals surface area contributed by atoms with Crippen LogP contribution in [-0.2, 0) is 5.60 Å². The van der Waals surface area contributed by atoms with Crippen molar-refractivity contribution < 1.29 is 5.11 Å². The molecule has 12 heavy (non-hydrogen) atoms. The van der Waals surface area contributed by atoms with E-state index in [1.807, 2.05) is 18.2 Å². The van der Waals surface area contributed by atoms with E-state index in [1.54, 1.807) is 13.8 Å². The normalized spacial score (nSPS) is 11.8. The minimum Gasteiger partial charge on any atom is -0.386 e. The molecule has 1 N–H and O–H groups in total. The summed E-state index contributed by atoms with van der Waals surface area (Å²) in [7, 11) is 0. The van der Waals surface area contributed by atoms with Gasteiger partial charge in [-0.05, 0) is 60.6 Å². The molecule has 1 nitrogen and oxygen atoms in total. The highest BCUT2D eigenvalue weighted by atomic mass is 127. The molecule has 1 aromatic rings. The molecule has 2 heteroatoms. The molecule has 0 aromatic heterocycles. The summed E-state index contributed by atoms with van der Waals surface area (Å²) in [6.45, 7) is 5.66. The van der Waals surface area contributed by atoms with Crippen LogP contribution in [0.5, 0.6) is 0 Å². The topological polar surface area (TPSA) is 20.2 Å². The molecule has 0 atom stereocenters. The summed E-state index contributed by atoms with van der Waals surface area (Å²) >= 11 is 2.28. The third-order valence-corrected chi connectivity index (χ3v) is 3.04. The average molecular weight is 276 g/mol. The summed E-state index contributed by atoms with van der Waals surface area (Å²) in [4.78, 5) is 0. The summed E-state index contributed by atoms with van der Waals surface area (Å²) in [6.07, 6.45) is 0. The Morgan fingerprint density at radius 1 is 1.33 bits per heavy atom. The van der Waals surface area contributed by atoms with Gasteiger partial charge in [0.2, 0.25) is 0 Å². The number of rotatable bonds is 1. The number of hydrogen-bond donors (Lipinski definition) is 1. The van der Waals surface area contributed by atoms with Gasteiger partial charge in [0.1, 0.15) is 0 Å². The van der Waals surface area contributed by atoms with E-state index in [2.05, 4.69) is 29.5 Å². The van der Waals surface area contributed by atoms with Crippen molar-refractivity contribution in [3.05, 3.63) is 32.9 Å². The van der Waals surface area contributed by atoms with Gasteiger partial charge in [0.05, 0.1) is 5.60 Å². The molecule has 0 aliphatic rings. The molecule has 0 amide bonds. The van der Waals surface area contributed by atoms with Crippen LogP contribution >= 0.6 is 22.6 Å². The highest BCUT2D eigenvalue weighted by Crippen LogP contribution is 2.22. The van der Waals surface area contributed by atoms with Crippen molar-refractivity contribution >= 4 is 22.6 Å². The van der Waals surface area contributed by atoms with E-state index < -0.39 is 5.60 Å². The number of aliphatic hydroxyl groups is 1. The molecule has 0 fully saturated rings. The molecular formula is C10H13IO. The first-order valence-corrected chi connectivity index (χ1v) is 4.98. The van der Waals surface area contributed by atoms with Crippen LogP contribution in [0.2, 0.25) is 0 Å². The molecule has 0 radical (unpaired) electrons. The zero-order chi connectivity index (χ0) is 9.35. The number of halogens is 1. The van der Waals surface area contributed by atoms with Crippen LogP contribution in [-0.4, -0.2) is 5.11 Å². The van der Waals surface area contributed by atoms with Gasteiger partial charge in [-0.1, -0.05) is 12.1 Å². The van der Waals surface area contributed by atoms with E-state index in [0.717, 1.165) is 5.56 Å². The maximum atomic E-state index is 9.70. The van der Waals surface area contributed by atoms with Crippen molar-refractivity contribution in [3.8, 4) is 0 Å². The maximum absolute atomic E-state index is 9.70. The standard InChI is InChI=1S/C10H13IO/c1-7-4-5-8(6-9(7)11)10(2,3)12/h4-6,12H,1-3H3. The third-order valence-electron chi connectivity index (χ3n) is 1.88. The molecule has 0 saturated carbocycles. The third kappa shape index (κ3) is 2.20. The highest BCUT2D eigenvalue weighted by molar-refractivity contribution is 14.1. The van der Waals surface area contributed by atoms with Crippen LogP contribution in [0.15, 0.2) is 18.2 Å². The summed E-state index contributed by atoms with van der Waals surface area (Å²) in [5.41, 5.74) is 1.49. The molecule has 0 unspecified atom stereocenters. The van der Waals surface area contributed by atoms with Crippen molar-refractivity contribution in [2.24, 2.45) is 0 Å². The molecule has 0 heterocycles. The molecule has 0 aliphatic heterocycles. The molecule has 1 rings (SSSR count). The SMILES string of the molecule is Cc1ccc(C(C)(C)O)cc1I. The summed E-state index contributed by atoms with van der Waals surface area (Å²) < 4.78 is 1.20. The summed E-state index contributed by atoms with van der Waals surface area (Å²) in [6, 6.07) is 6.03. The fourth-order valence-corrected chi connectivity index (χ4v) is 1.49. The van der Waals surface area contributed by atoms with Gasteiger partial charge in [0, 0.05) is 3.57 Å². The van der Waals surface area contributed by atoms with Crippen LogP contribution in [0, 0.1) is 10.5 Å². The maximum Gasteiger partial charge on any atom is 0.0840 e. The van der Waals surface area contributed by atoms with Gasteiger partial charge in [-0.25, -0.2) is 0 Å². The Balaban J connectivity index is 3.14. The molecule has 1 aromatic carbocycles. The Morgan fingerprint density at radius 2 is 1.92 bits per heavy atom. The lowest BCUT2D eigenvalue weighted by molar-refractivity contribution is 0.0785. The van der Waals surface area contributed by atoms with Crippen molar-refractivity contribution in [1.29, 1.82) is 0 Å². The van der Waals surface area contributed by atoms with E-state index in [9.17, 15) is 5.11 Å². The lowest BCUT2D eigenvalue weighted by Gasteiger charge is -2.18. The van der Waals surface area contributed by atoms with Gasteiger partial charge in [0.25, 0.3) is 0 Å². The van der Waals surface area contributed by atoms with Gasteiger partial charge in [-0.3, -0.25) is 0 Å². The zero-order valence-corrected chi connectivity index (χ0v) is 9.71. The van der Waals surface area contributed by atoms with Crippen molar-refractivity contribution in [1.82, 2.24) is 0 Å². The van der Waals surface area contributed by atoms with Crippen molar-refractivity contribution in [2.45, 2.75) is 26.4 Å². The second-order valence-electron chi connectivity index (χ2n) is 3.52. The van der Waals surface area contributed by atoms with Crippen LogP contribution in [0.4, 0.5) is 0 Å². The van der Waals surface area contributed by atoms with Crippen LogP contribution in [0.3, 0.4) is 0 Å².